The molecule has 0 aliphatic heterocycles. The van der Waals surface area contributed by atoms with Gasteiger partial charge in [0.05, 0.1) is 10.7 Å². The average Bonchev–Trinajstić information content (AvgIpc) is 2.82. The molecule has 19 heavy (non-hydrogen) atoms. The van der Waals surface area contributed by atoms with Gasteiger partial charge in [-0.3, -0.25) is 4.72 Å². The van der Waals surface area contributed by atoms with Gasteiger partial charge in [-0.1, -0.05) is 11.6 Å². The molecule has 4 nitrogen and oxygen atoms in total. The summed E-state index contributed by atoms with van der Waals surface area (Å²) in [7, 11) is -3.82. The highest BCUT2D eigenvalue weighted by Crippen LogP contribution is 2.28. The van der Waals surface area contributed by atoms with Crippen molar-refractivity contribution < 1.29 is 12.8 Å². The zero-order valence-electron chi connectivity index (χ0n) is 9.56. The molecule has 0 saturated heterocycles. The predicted molar refractivity (Wildman–Crippen MR) is 74.4 cm³/mol. The van der Waals surface area contributed by atoms with Crippen LogP contribution in [0.3, 0.4) is 0 Å². The molecule has 2 aromatic rings. The van der Waals surface area contributed by atoms with E-state index in [0.717, 1.165) is 12.1 Å². The van der Waals surface area contributed by atoms with Crippen molar-refractivity contribution in [2.45, 2.75) is 11.4 Å². The van der Waals surface area contributed by atoms with Gasteiger partial charge in [-0.2, -0.15) is 0 Å². The standard InChI is InChI=1S/C11H10ClFN2O2S2/c12-8-2-1-7(13)5-9(8)15-19(16,17)11-3-4-18-10(11)6-14/h1-5,15H,6,14H2. The molecule has 1 heterocycles. The van der Waals surface area contributed by atoms with Crippen LogP contribution in [-0.4, -0.2) is 8.42 Å². The number of hydrogen-bond donors (Lipinski definition) is 2. The number of nitrogens with one attached hydrogen (secondary N) is 1. The molecule has 0 bridgehead atoms. The van der Waals surface area contributed by atoms with Crippen molar-refractivity contribution in [1.29, 1.82) is 0 Å². The van der Waals surface area contributed by atoms with Gasteiger partial charge < -0.3 is 5.73 Å². The number of benzene rings is 1. The predicted octanol–water partition coefficient (Wildman–Crippen LogP) is 2.80. The zero-order chi connectivity index (χ0) is 14.0. The van der Waals surface area contributed by atoms with Crippen molar-refractivity contribution in [2.24, 2.45) is 5.73 Å². The van der Waals surface area contributed by atoms with Crippen LogP contribution in [0.4, 0.5) is 10.1 Å². The molecule has 0 fully saturated rings. The van der Waals surface area contributed by atoms with E-state index in [1.54, 1.807) is 5.38 Å². The molecule has 2 rings (SSSR count). The summed E-state index contributed by atoms with van der Waals surface area (Å²) in [5.41, 5.74) is 5.47. The van der Waals surface area contributed by atoms with Gasteiger partial charge in [0.2, 0.25) is 0 Å². The molecule has 0 amide bonds. The van der Waals surface area contributed by atoms with Crippen LogP contribution in [0, 0.1) is 5.82 Å². The average molecular weight is 321 g/mol. The SMILES string of the molecule is NCc1sccc1S(=O)(=O)Nc1cc(F)ccc1Cl. The van der Waals surface area contributed by atoms with Crippen LogP contribution in [0.15, 0.2) is 34.5 Å². The fourth-order valence-electron chi connectivity index (χ4n) is 1.49. The first-order valence-electron chi connectivity index (χ1n) is 5.18. The molecule has 1 aromatic carbocycles. The maximum Gasteiger partial charge on any atom is 0.263 e. The maximum atomic E-state index is 13.1. The highest BCUT2D eigenvalue weighted by molar-refractivity contribution is 7.93. The van der Waals surface area contributed by atoms with Gasteiger partial charge in [0.25, 0.3) is 10.0 Å². The summed E-state index contributed by atoms with van der Waals surface area (Å²) in [6, 6.07) is 4.90. The van der Waals surface area contributed by atoms with Crippen molar-refractivity contribution in [2.75, 3.05) is 4.72 Å². The van der Waals surface area contributed by atoms with Gasteiger partial charge in [-0.05, 0) is 29.6 Å². The number of rotatable bonds is 4. The van der Waals surface area contributed by atoms with E-state index in [9.17, 15) is 12.8 Å². The second-order valence-electron chi connectivity index (χ2n) is 3.64. The van der Waals surface area contributed by atoms with Crippen LogP contribution < -0.4 is 10.5 Å². The van der Waals surface area contributed by atoms with E-state index in [0.29, 0.717) is 4.88 Å². The molecular formula is C11H10ClFN2O2S2. The van der Waals surface area contributed by atoms with Gasteiger partial charge in [-0.15, -0.1) is 11.3 Å². The van der Waals surface area contributed by atoms with Gasteiger partial charge in [0.1, 0.15) is 10.7 Å². The lowest BCUT2D eigenvalue weighted by Crippen LogP contribution is -2.15. The Labute approximate surface area is 119 Å². The Morgan fingerprint density at radius 3 is 2.79 bits per heavy atom. The summed E-state index contributed by atoms with van der Waals surface area (Å²) in [5.74, 6) is -0.577. The normalized spacial score (nSPS) is 11.5. The van der Waals surface area contributed by atoms with Crippen LogP contribution in [0.5, 0.6) is 0 Å². The molecule has 8 heteroatoms. The minimum Gasteiger partial charge on any atom is -0.326 e. The van der Waals surface area contributed by atoms with E-state index in [-0.39, 0.29) is 22.2 Å². The van der Waals surface area contributed by atoms with E-state index in [1.807, 2.05) is 0 Å². The summed E-state index contributed by atoms with van der Waals surface area (Å²) in [6.45, 7) is 0.116. The Hall–Kier alpha value is -1.15. The third kappa shape index (κ3) is 3.06. The van der Waals surface area contributed by atoms with Crippen molar-refractivity contribution >= 4 is 38.6 Å². The minimum absolute atomic E-state index is 0.00385. The monoisotopic (exact) mass is 320 g/mol. The van der Waals surface area contributed by atoms with Crippen molar-refractivity contribution in [3.05, 3.63) is 45.4 Å². The molecule has 0 radical (unpaired) electrons. The van der Waals surface area contributed by atoms with E-state index in [2.05, 4.69) is 4.72 Å². The first-order valence-corrected chi connectivity index (χ1v) is 7.92. The highest BCUT2D eigenvalue weighted by Gasteiger charge is 2.20. The number of thiophene rings is 1. The van der Waals surface area contributed by atoms with Gasteiger partial charge in [0, 0.05) is 11.4 Å². The molecule has 0 unspecified atom stereocenters. The lowest BCUT2D eigenvalue weighted by molar-refractivity contribution is 0.600. The molecule has 1 aromatic heterocycles. The van der Waals surface area contributed by atoms with Gasteiger partial charge in [0.15, 0.2) is 0 Å². The van der Waals surface area contributed by atoms with Crippen molar-refractivity contribution in [3.63, 3.8) is 0 Å². The van der Waals surface area contributed by atoms with Crippen molar-refractivity contribution in [1.82, 2.24) is 0 Å². The fourth-order valence-corrected chi connectivity index (χ4v) is 4.12. The fraction of sp³-hybridized carbons (Fsp3) is 0.0909. The molecule has 102 valence electrons. The van der Waals surface area contributed by atoms with E-state index in [4.69, 9.17) is 17.3 Å². The Morgan fingerprint density at radius 1 is 1.37 bits per heavy atom. The quantitative estimate of drug-likeness (QED) is 0.910. The molecule has 0 atom stereocenters. The summed E-state index contributed by atoms with van der Waals surface area (Å²) in [6.07, 6.45) is 0. The molecule has 0 spiro atoms. The number of anilines is 1. The summed E-state index contributed by atoms with van der Waals surface area (Å²) in [4.78, 5) is 0.611. The minimum atomic E-state index is -3.82. The Kier molecular flexibility index (Phi) is 4.10. The van der Waals surface area contributed by atoms with Gasteiger partial charge >= 0.3 is 0 Å². The third-order valence-electron chi connectivity index (χ3n) is 2.35. The van der Waals surface area contributed by atoms with Crippen molar-refractivity contribution in [3.8, 4) is 0 Å². The van der Waals surface area contributed by atoms with Gasteiger partial charge in [-0.25, -0.2) is 12.8 Å². The molecular weight excluding hydrogens is 311 g/mol. The van der Waals surface area contributed by atoms with E-state index < -0.39 is 15.8 Å². The largest absolute Gasteiger partial charge is 0.326 e. The van der Waals surface area contributed by atoms with Crippen LogP contribution in [0.25, 0.3) is 0 Å². The highest BCUT2D eigenvalue weighted by atomic mass is 35.5. The molecule has 3 N–H and O–H groups in total. The first-order chi connectivity index (χ1) is 8.94. The summed E-state index contributed by atoms with van der Waals surface area (Å²) in [5, 5.41) is 1.75. The maximum absolute atomic E-state index is 13.1. The second kappa shape index (κ2) is 5.46. The van der Waals surface area contributed by atoms with E-state index >= 15 is 0 Å². The summed E-state index contributed by atoms with van der Waals surface area (Å²) >= 11 is 7.06. The van der Waals surface area contributed by atoms with E-state index in [1.165, 1.54) is 23.5 Å². The third-order valence-corrected chi connectivity index (χ3v) is 5.20. The second-order valence-corrected chi connectivity index (χ2v) is 6.70. The molecule has 0 saturated carbocycles. The number of halogens is 2. The lowest BCUT2D eigenvalue weighted by Gasteiger charge is -2.09. The molecule has 0 aliphatic rings. The smallest absolute Gasteiger partial charge is 0.263 e. The Morgan fingerprint density at radius 2 is 2.11 bits per heavy atom. The van der Waals surface area contributed by atoms with Crippen LogP contribution >= 0.6 is 22.9 Å². The van der Waals surface area contributed by atoms with Crippen LogP contribution in [0.2, 0.25) is 5.02 Å². The Bertz CT molecular complexity index is 700. The first kappa shape index (κ1) is 14.3. The topological polar surface area (TPSA) is 72.2 Å². The van der Waals surface area contributed by atoms with Crippen LogP contribution in [0.1, 0.15) is 4.88 Å². The zero-order valence-corrected chi connectivity index (χ0v) is 11.9. The summed E-state index contributed by atoms with van der Waals surface area (Å²) < 4.78 is 39.7. The Balaban J connectivity index is 2.39. The number of nitrogens with two attached hydrogens (primary N) is 1. The number of hydrogen-bond acceptors (Lipinski definition) is 4. The lowest BCUT2D eigenvalue weighted by atomic mass is 10.3. The van der Waals surface area contributed by atoms with Crippen LogP contribution in [-0.2, 0) is 16.6 Å². The number of sulfonamides is 1. The molecule has 0 aliphatic carbocycles.